The van der Waals surface area contributed by atoms with Crippen molar-refractivity contribution in [2.75, 3.05) is 6.61 Å². The lowest BCUT2D eigenvalue weighted by Gasteiger charge is -2.32. The van der Waals surface area contributed by atoms with Gasteiger partial charge in [-0.3, -0.25) is 9.59 Å². The van der Waals surface area contributed by atoms with Crippen molar-refractivity contribution in [3.8, 4) is 5.75 Å². The van der Waals surface area contributed by atoms with Crippen molar-refractivity contribution in [2.45, 2.75) is 65.1 Å². The topological polar surface area (TPSA) is 58.6 Å². The van der Waals surface area contributed by atoms with Gasteiger partial charge in [0.1, 0.15) is 11.8 Å². The summed E-state index contributed by atoms with van der Waals surface area (Å²) in [7, 11) is 0. The SMILES string of the molecule is CC[C@@H](C)NC(=O)[C@@H](Cc1ccccc1)N(Cc1ccc(Cl)cc1)C(=O)COc1ccc(C(C)C)cc1Br. The molecule has 7 heteroatoms. The van der Waals surface area contributed by atoms with E-state index in [2.05, 4.69) is 35.1 Å². The summed E-state index contributed by atoms with van der Waals surface area (Å²) >= 11 is 9.67. The fourth-order valence-electron chi connectivity index (χ4n) is 4.00. The number of carbonyl (C=O) groups is 2. The Kier molecular flexibility index (Phi) is 11.2. The first-order chi connectivity index (χ1) is 18.2. The Bertz CT molecular complexity index is 1200. The normalized spacial score (nSPS) is 12.6. The van der Waals surface area contributed by atoms with Crippen LogP contribution in [0.15, 0.2) is 77.3 Å². The zero-order chi connectivity index (χ0) is 27.7. The number of hydrogen-bond donors (Lipinski definition) is 1. The van der Waals surface area contributed by atoms with Gasteiger partial charge in [-0.25, -0.2) is 0 Å². The third-order valence-electron chi connectivity index (χ3n) is 6.51. The molecular weight excluding hydrogens is 564 g/mol. The third kappa shape index (κ3) is 8.60. The van der Waals surface area contributed by atoms with Gasteiger partial charge in [-0.15, -0.1) is 0 Å². The minimum Gasteiger partial charge on any atom is -0.483 e. The number of rotatable bonds is 12. The Hall–Kier alpha value is -2.83. The molecule has 3 aromatic rings. The van der Waals surface area contributed by atoms with Gasteiger partial charge in [0.15, 0.2) is 6.61 Å². The van der Waals surface area contributed by atoms with Crippen LogP contribution in [0.3, 0.4) is 0 Å². The van der Waals surface area contributed by atoms with Crippen LogP contribution in [0.5, 0.6) is 5.75 Å². The summed E-state index contributed by atoms with van der Waals surface area (Å²) in [6.07, 6.45) is 1.17. The maximum absolute atomic E-state index is 13.7. The molecule has 3 rings (SSSR count). The first-order valence-electron chi connectivity index (χ1n) is 13.0. The van der Waals surface area contributed by atoms with Crippen molar-refractivity contribution >= 4 is 39.3 Å². The van der Waals surface area contributed by atoms with Gasteiger partial charge in [0.2, 0.25) is 5.91 Å². The first kappa shape index (κ1) is 29.7. The lowest BCUT2D eigenvalue weighted by atomic mass is 10.0. The van der Waals surface area contributed by atoms with E-state index in [1.807, 2.05) is 74.5 Å². The van der Waals surface area contributed by atoms with E-state index < -0.39 is 6.04 Å². The highest BCUT2D eigenvalue weighted by molar-refractivity contribution is 9.10. The zero-order valence-corrected chi connectivity index (χ0v) is 24.8. The molecule has 3 aromatic carbocycles. The van der Waals surface area contributed by atoms with E-state index in [0.29, 0.717) is 23.1 Å². The summed E-state index contributed by atoms with van der Waals surface area (Å²) in [5.74, 6) is 0.491. The molecule has 0 bridgehead atoms. The second-order valence-electron chi connectivity index (χ2n) is 9.80. The van der Waals surface area contributed by atoms with Crippen LogP contribution in [-0.4, -0.2) is 35.4 Å². The van der Waals surface area contributed by atoms with Crippen LogP contribution < -0.4 is 10.1 Å². The average molecular weight is 600 g/mol. The number of nitrogens with zero attached hydrogens (tertiary/aromatic N) is 1. The number of nitrogens with one attached hydrogen (secondary N) is 1. The summed E-state index contributed by atoms with van der Waals surface area (Å²) in [5.41, 5.74) is 3.02. The summed E-state index contributed by atoms with van der Waals surface area (Å²) in [5, 5.41) is 3.69. The first-order valence-corrected chi connectivity index (χ1v) is 14.2. The molecule has 2 atom stereocenters. The van der Waals surface area contributed by atoms with Crippen molar-refractivity contribution in [1.29, 1.82) is 0 Å². The van der Waals surface area contributed by atoms with Crippen LogP contribution in [0.1, 0.15) is 56.7 Å². The second-order valence-corrected chi connectivity index (χ2v) is 11.1. The molecule has 5 nitrogen and oxygen atoms in total. The quantitative estimate of drug-likeness (QED) is 0.240. The Balaban J connectivity index is 1.91. The Labute approximate surface area is 239 Å². The zero-order valence-electron chi connectivity index (χ0n) is 22.4. The molecule has 1 N–H and O–H groups in total. The van der Waals surface area contributed by atoms with E-state index in [1.165, 1.54) is 5.56 Å². The number of amides is 2. The van der Waals surface area contributed by atoms with Crippen molar-refractivity contribution in [1.82, 2.24) is 10.2 Å². The van der Waals surface area contributed by atoms with Crippen molar-refractivity contribution in [3.05, 3.63) is 99.0 Å². The molecule has 0 radical (unpaired) electrons. The van der Waals surface area contributed by atoms with Crippen LogP contribution in [-0.2, 0) is 22.6 Å². The monoisotopic (exact) mass is 598 g/mol. The summed E-state index contributed by atoms with van der Waals surface area (Å²) in [4.78, 5) is 28.9. The Morgan fingerprint density at radius 1 is 0.974 bits per heavy atom. The molecule has 0 fully saturated rings. The Morgan fingerprint density at radius 3 is 2.26 bits per heavy atom. The van der Waals surface area contributed by atoms with E-state index in [4.69, 9.17) is 16.3 Å². The standard InChI is InChI=1S/C31H36BrClN2O3/c1-5-22(4)34-31(37)28(17-23-9-7-6-8-10-23)35(19-24-11-14-26(33)15-12-24)30(36)20-38-29-16-13-25(21(2)3)18-27(29)32/h6-16,18,21-22,28H,5,17,19-20H2,1-4H3,(H,34,37)/t22-,28-/m1/s1. The van der Waals surface area contributed by atoms with Crippen molar-refractivity contribution in [3.63, 3.8) is 0 Å². The lowest BCUT2D eigenvalue weighted by Crippen LogP contribution is -2.53. The Morgan fingerprint density at radius 2 is 1.66 bits per heavy atom. The molecule has 0 aliphatic rings. The van der Waals surface area contributed by atoms with Gasteiger partial charge in [-0.1, -0.05) is 80.9 Å². The maximum atomic E-state index is 13.7. The van der Waals surface area contributed by atoms with Gasteiger partial charge < -0.3 is 15.0 Å². The van der Waals surface area contributed by atoms with Gasteiger partial charge >= 0.3 is 0 Å². The average Bonchev–Trinajstić information content (AvgIpc) is 2.91. The molecular formula is C31H36BrClN2O3. The van der Waals surface area contributed by atoms with Crippen LogP contribution in [0.2, 0.25) is 5.02 Å². The van der Waals surface area contributed by atoms with Crippen LogP contribution in [0, 0.1) is 0 Å². The highest BCUT2D eigenvalue weighted by atomic mass is 79.9. The molecule has 38 heavy (non-hydrogen) atoms. The molecule has 0 aromatic heterocycles. The predicted molar refractivity (Wildman–Crippen MR) is 158 cm³/mol. The number of halogens is 2. The summed E-state index contributed by atoms with van der Waals surface area (Å²) < 4.78 is 6.75. The van der Waals surface area contributed by atoms with Gasteiger partial charge in [0, 0.05) is 24.0 Å². The summed E-state index contributed by atoms with van der Waals surface area (Å²) in [6, 6.07) is 22.2. The molecule has 202 valence electrons. The van der Waals surface area contributed by atoms with E-state index in [-0.39, 0.29) is 31.0 Å². The number of ether oxygens (including phenoxy) is 1. The number of carbonyl (C=O) groups excluding carboxylic acids is 2. The molecule has 0 saturated heterocycles. The molecule has 2 amide bonds. The molecule has 0 spiro atoms. The second kappa shape index (κ2) is 14.4. The third-order valence-corrected chi connectivity index (χ3v) is 7.38. The predicted octanol–water partition coefficient (Wildman–Crippen LogP) is 7.16. The largest absolute Gasteiger partial charge is 0.483 e. The summed E-state index contributed by atoms with van der Waals surface area (Å²) in [6.45, 7) is 8.28. The van der Waals surface area contributed by atoms with Gasteiger partial charge in [0.25, 0.3) is 5.91 Å². The van der Waals surface area contributed by atoms with Gasteiger partial charge in [-0.05, 0) is 76.1 Å². The van der Waals surface area contributed by atoms with E-state index >= 15 is 0 Å². The number of benzene rings is 3. The van der Waals surface area contributed by atoms with Crippen LogP contribution >= 0.6 is 27.5 Å². The van der Waals surface area contributed by atoms with Gasteiger partial charge in [0.05, 0.1) is 4.47 Å². The fraction of sp³-hybridized carbons (Fsp3) is 0.355. The maximum Gasteiger partial charge on any atom is 0.261 e. The highest BCUT2D eigenvalue weighted by Gasteiger charge is 2.31. The molecule has 0 saturated carbocycles. The van der Waals surface area contributed by atoms with Crippen molar-refractivity contribution < 1.29 is 14.3 Å². The molecule has 0 unspecified atom stereocenters. The van der Waals surface area contributed by atoms with E-state index in [1.54, 1.807) is 17.0 Å². The minimum atomic E-state index is -0.718. The van der Waals surface area contributed by atoms with Gasteiger partial charge in [-0.2, -0.15) is 0 Å². The molecule has 0 heterocycles. The fourth-order valence-corrected chi connectivity index (χ4v) is 4.63. The van der Waals surface area contributed by atoms with Crippen LogP contribution in [0.4, 0.5) is 0 Å². The highest BCUT2D eigenvalue weighted by Crippen LogP contribution is 2.29. The van der Waals surface area contributed by atoms with Crippen LogP contribution in [0.25, 0.3) is 0 Å². The minimum absolute atomic E-state index is 0.0139. The van der Waals surface area contributed by atoms with E-state index in [0.717, 1.165) is 22.0 Å². The smallest absolute Gasteiger partial charge is 0.261 e. The molecule has 0 aliphatic carbocycles. The van der Waals surface area contributed by atoms with Crippen molar-refractivity contribution in [2.24, 2.45) is 0 Å². The number of hydrogen-bond acceptors (Lipinski definition) is 3. The van der Waals surface area contributed by atoms with E-state index in [9.17, 15) is 9.59 Å². The lowest BCUT2D eigenvalue weighted by molar-refractivity contribution is -0.143. The molecule has 0 aliphatic heterocycles.